The molecule has 5 heteroatoms. The average molecular weight is 353 g/mol. The summed E-state index contributed by atoms with van der Waals surface area (Å²) in [4.78, 5) is 26.2. The van der Waals surface area contributed by atoms with Crippen molar-refractivity contribution in [3.63, 3.8) is 0 Å². The predicted octanol–water partition coefficient (Wildman–Crippen LogP) is 2.87. The predicted molar refractivity (Wildman–Crippen MR) is 104 cm³/mol. The number of carbonyl (C=O) groups excluding carboxylic acids is 2. The van der Waals surface area contributed by atoms with Gasteiger partial charge in [-0.15, -0.1) is 0 Å². The van der Waals surface area contributed by atoms with Crippen LogP contribution in [-0.4, -0.2) is 29.8 Å². The van der Waals surface area contributed by atoms with Crippen molar-refractivity contribution < 1.29 is 9.59 Å². The number of benzene rings is 2. The van der Waals surface area contributed by atoms with Gasteiger partial charge in [-0.2, -0.15) is 0 Å². The van der Waals surface area contributed by atoms with Gasteiger partial charge in [0.05, 0.1) is 0 Å². The topological polar surface area (TPSA) is 75.4 Å². The molecule has 0 radical (unpaired) electrons. The van der Waals surface area contributed by atoms with Crippen molar-refractivity contribution in [2.45, 2.75) is 32.9 Å². The molecule has 3 N–H and O–H groups in total. The van der Waals surface area contributed by atoms with E-state index in [4.69, 9.17) is 5.73 Å². The highest BCUT2D eigenvalue weighted by Gasteiger charge is 2.13. The van der Waals surface area contributed by atoms with Crippen LogP contribution in [0.3, 0.4) is 0 Å². The quantitative estimate of drug-likeness (QED) is 0.766. The first kappa shape index (κ1) is 19.7. The first-order chi connectivity index (χ1) is 12.5. The first-order valence-electron chi connectivity index (χ1n) is 9.00. The van der Waals surface area contributed by atoms with Gasteiger partial charge in [0.15, 0.2) is 0 Å². The zero-order valence-electron chi connectivity index (χ0n) is 15.4. The lowest BCUT2D eigenvalue weighted by atomic mass is 10.0. The van der Waals surface area contributed by atoms with Crippen molar-refractivity contribution in [2.75, 3.05) is 13.1 Å². The molecule has 2 aromatic rings. The summed E-state index contributed by atoms with van der Waals surface area (Å²) in [6.45, 7) is 5.72. The minimum atomic E-state index is -0.315. The van der Waals surface area contributed by atoms with Crippen molar-refractivity contribution in [1.82, 2.24) is 10.2 Å². The lowest BCUT2D eigenvalue weighted by Crippen LogP contribution is -2.30. The van der Waals surface area contributed by atoms with E-state index in [-0.39, 0.29) is 24.3 Å². The molecule has 5 nitrogen and oxygen atoms in total. The molecular formula is C21H27N3O2. The van der Waals surface area contributed by atoms with Crippen LogP contribution in [0.4, 0.5) is 0 Å². The standard InChI is InChI=1S/C21H27N3O2/c1-3-24(4-2)21(26)18-12-10-16(11-13-18)15-23-20(25)14-19(22)17-8-6-5-7-9-17/h5-13,19H,3-4,14-15,22H2,1-2H3,(H,23,25). The third-order valence-corrected chi connectivity index (χ3v) is 4.37. The summed E-state index contributed by atoms with van der Waals surface area (Å²) in [7, 11) is 0. The van der Waals surface area contributed by atoms with Crippen molar-refractivity contribution in [3.8, 4) is 0 Å². The van der Waals surface area contributed by atoms with Crippen LogP contribution in [-0.2, 0) is 11.3 Å². The number of amides is 2. The fourth-order valence-corrected chi connectivity index (χ4v) is 2.75. The van der Waals surface area contributed by atoms with Gasteiger partial charge in [0.25, 0.3) is 5.91 Å². The molecule has 0 aliphatic rings. The smallest absolute Gasteiger partial charge is 0.253 e. The molecule has 0 fully saturated rings. The SMILES string of the molecule is CCN(CC)C(=O)c1ccc(CNC(=O)CC(N)c2ccccc2)cc1. The third-order valence-electron chi connectivity index (χ3n) is 4.37. The molecule has 26 heavy (non-hydrogen) atoms. The summed E-state index contributed by atoms with van der Waals surface area (Å²) >= 11 is 0. The van der Waals surface area contributed by atoms with Gasteiger partial charge >= 0.3 is 0 Å². The Hall–Kier alpha value is -2.66. The Bertz CT molecular complexity index is 710. The lowest BCUT2D eigenvalue weighted by molar-refractivity contribution is -0.121. The number of hydrogen-bond donors (Lipinski definition) is 2. The van der Waals surface area contributed by atoms with Gasteiger partial charge in [0.1, 0.15) is 0 Å². The van der Waals surface area contributed by atoms with E-state index in [1.807, 2.05) is 56.3 Å². The number of nitrogens with zero attached hydrogens (tertiary/aromatic N) is 1. The normalized spacial score (nSPS) is 11.7. The number of rotatable bonds is 8. The molecule has 2 rings (SSSR count). The van der Waals surface area contributed by atoms with E-state index in [2.05, 4.69) is 5.32 Å². The molecule has 0 aliphatic carbocycles. The van der Waals surface area contributed by atoms with Gasteiger partial charge in [-0.1, -0.05) is 42.5 Å². The highest BCUT2D eigenvalue weighted by molar-refractivity contribution is 5.94. The molecule has 138 valence electrons. The second kappa shape index (κ2) is 9.73. The average Bonchev–Trinajstić information content (AvgIpc) is 2.68. The second-order valence-electron chi connectivity index (χ2n) is 6.17. The summed E-state index contributed by atoms with van der Waals surface area (Å²) in [6.07, 6.45) is 0.239. The van der Waals surface area contributed by atoms with Crippen LogP contribution < -0.4 is 11.1 Å². The minimum Gasteiger partial charge on any atom is -0.352 e. The molecule has 0 saturated carbocycles. The van der Waals surface area contributed by atoms with E-state index in [0.29, 0.717) is 25.2 Å². The van der Waals surface area contributed by atoms with Crippen LogP contribution in [0.5, 0.6) is 0 Å². The number of nitrogens with two attached hydrogens (primary N) is 1. The first-order valence-corrected chi connectivity index (χ1v) is 9.00. The largest absolute Gasteiger partial charge is 0.352 e. The van der Waals surface area contributed by atoms with E-state index in [1.54, 1.807) is 17.0 Å². The van der Waals surface area contributed by atoms with Gasteiger partial charge in [-0.25, -0.2) is 0 Å². The number of carbonyl (C=O) groups is 2. The highest BCUT2D eigenvalue weighted by atomic mass is 16.2. The lowest BCUT2D eigenvalue weighted by Gasteiger charge is -2.18. The molecule has 0 aromatic heterocycles. The molecule has 0 aliphatic heterocycles. The summed E-state index contributed by atoms with van der Waals surface area (Å²) < 4.78 is 0. The van der Waals surface area contributed by atoms with E-state index in [9.17, 15) is 9.59 Å². The van der Waals surface area contributed by atoms with Gasteiger partial charge < -0.3 is 16.0 Å². The molecule has 0 bridgehead atoms. The number of hydrogen-bond acceptors (Lipinski definition) is 3. The fraction of sp³-hybridized carbons (Fsp3) is 0.333. The minimum absolute atomic E-state index is 0.0272. The molecule has 0 heterocycles. The van der Waals surface area contributed by atoms with Crippen molar-refractivity contribution >= 4 is 11.8 Å². The van der Waals surface area contributed by atoms with Crippen LogP contribution in [0.25, 0.3) is 0 Å². The maximum absolute atomic E-state index is 12.3. The zero-order chi connectivity index (χ0) is 18.9. The highest BCUT2D eigenvalue weighted by Crippen LogP contribution is 2.13. The third kappa shape index (κ3) is 5.43. The molecular weight excluding hydrogens is 326 g/mol. The van der Waals surface area contributed by atoms with Gasteiger partial charge in [-0.3, -0.25) is 9.59 Å². The van der Waals surface area contributed by atoms with Gasteiger partial charge in [0, 0.05) is 37.7 Å². The van der Waals surface area contributed by atoms with Crippen LogP contribution >= 0.6 is 0 Å². The molecule has 1 unspecified atom stereocenters. The van der Waals surface area contributed by atoms with Crippen molar-refractivity contribution in [1.29, 1.82) is 0 Å². The Morgan fingerprint density at radius 1 is 1.00 bits per heavy atom. The molecule has 1 atom stereocenters. The van der Waals surface area contributed by atoms with Crippen LogP contribution in [0.15, 0.2) is 54.6 Å². The Morgan fingerprint density at radius 3 is 2.19 bits per heavy atom. The number of nitrogens with one attached hydrogen (secondary N) is 1. The van der Waals surface area contributed by atoms with E-state index >= 15 is 0 Å². The molecule has 0 saturated heterocycles. The Balaban J connectivity index is 1.85. The van der Waals surface area contributed by atoms with E-state index in [0.717, 1.165) is 11.1 Å². The van der Waals surface area contributed by atoms with Crippen molar-refractivity contribution in [3.05, 3.63) is 71.3 Å². The fourth-order valence-electron chi connectivity index (χ4n) is 2.75. The van der Waals surface area contributed by atoms with Crippen molar-refractivity contribution in [2.24, 2.45) is 5.73 Å². The summed E-state index contributed by atoms with van der Waals surface area (Å²) in [5, 5.41) is 2.88. The van der Waals surface area contributed by atoms with Crippen LogP contribution in [0, 0.1) is 0 Å². The summed E-state index contributed by atoms with van der Waals surface area (Å²) in [6, 6.07) is 16.6. The Morgan fingerprint density at radius 2 is 1.62 bits per heavy atom. The monoisotopic (exact) mass is 353 g/mol. The van der Waals surface area contributed by atoms with E-state index < -0.39 is 0 Å². The van der Waals surface area contributed by atoms with Crippen LogP contribution in [0.2, 0.25) is 0 Å². The molecule has 2 amide bonds. The van der Waals surface area contributed by atoms with E-state index in [1.165, 1.54) is 0 Å². The molecule has 0 spiro atoms. The van der Waals surface area contributed by atoms with Gasteiger partial charge in [0.2, 0.25) is 5.91 Å². The zero-order valence-corrected chi connectivity index (χ0v) is 15.4. The molecule has 2 aromatic carbocycles. The maximum Gasteiger partial charge on any atom is 0.253 e. The summed E-state index contributed by atoms with van der Waals surface area (Å²) in [5.74, 6) is -0.0657. The summed E-state index contributed by atoms with van der Waals surface area (Å²) in [5.41, 5.74) is 8.62. The van der Waals surface area contributed by atoms with Gasteiger partial charge in [-0.05, 0) is 37.1 Å². The second-order valence-corrected chi connectivity index (χ2v) is 6.17. The van der Waals surface area contributed by atoms with Crippen LogP contribution in [0.1, 0.15) is 47.8 Å². The Kier molecular flexibility index (Phi) is 7.36. The maximum atomic E-state index is 12.3. The Labute approximate surface area is 155 Å².